The average molecular weight is 414 g/mol. The van der Waals surface area contributed by atoms with Gasteiger partial charge in [0.25, 0.3) is 5.91 Å². The molecule has 0 spiro atoms. The van der Waals surface area contributed by atoms with Crippen molar-refractivity contribution in [1.82, 2.24) is 9.88 Å². The highest BCUT2D eigenvalue weighted by Gasteiger charge is 2.38. The fourth-order valence-electron chi connectivity index (χ4n) is 3.56. The molecule has 0 N–H and O–H groups in total. The minimum atomic E-state index is 0.0566. The molecule has 7 heteroatoms. The van der Waals surface area contributed by atoms with Crippen LogP contribution < -0.4 is 4.74 Å². The maximum Gasteiger partial charge on any atom is 0.267 e. The van der Waals surface area contributed by atoms with E-state index in [2.05, 4.69) is 9.98 Å². The molecule has 1 aromatic carbocycles. The number of benzene rings is 1. The van der Waals surface area contributed by atoms with Gasteiger partial charge in [0, 0.05) is 17.6 Å². The third-order valence-corrected chi connectivity index (χ3v) is 6.52. The second-order valence-electron chi connectivity index (χ2n) is 6.79. The molecule has 5 nitrogen and oxygen atoms in total. The van der Waals surface area contributed by atoms with Crippen LogP contribution in [0.5, 0.6) is 5.75 Å². The molecule has 0 unspecified atom stereocenters. The zero-order valence-electron chi connectivity index (χ0n) is 15.8. The van der Waals surface area contributed by atoms with E-state index in [4.69, 9.17) is 4.74 Å². The van der Waals surface area contributed by atoms with Gasteiger partial charge in [-0.05, 0) is 55.3 Å². The molecular weight excluding hydrogens is 390 g/mol. The molecule has 2 fully saturated rings. The highest BCUT2D eigenvalue weighted by atomic mass is 32.2. The van der Waals surface area contributed by atoms with E-state index in [1.54, 1.807) is 6.20 Å². The van der Waals surface area contributed by atoms with E-state index in [0.29, 0.717) is 16.6 Å². The van der Waals surface area contributed by atoms with E-state index in [1.807, 2.05) is 47.5 Å². The summed E-state index contributed by atoms with van der Waals surface area (Å²) in [6.45, 7) is 2.61. The van der Waals surface area contributed by atoms with E-state index in [9.17, 15) is 4.79 Å². The smallest absolute Gasteiger partial charge is 0.267 e. The van der Waals surface area contributed by atoms with Gasteiger partial charge in [0.05, 0.1) is 11.5 Å². The topological polar surface area (TPSA) is 54.8 Å². The Bertz CT molecular complexity index is 870. The number of carbonyl (C=O) groups excluding carboxylic acids is 1. The maximum absolute atomic E-state index is 13.2. The lowest BCUT2D eigenvalue weighted by Crippen LogP contribution is -2.40. The normalized spacial score (nSPS) is 21.0. The van der Waals surface area contributed by atoms with Gasteiger partial charge < -0.3 is 4.74 Å². The second-order valence-corrected chi connectivity index (χ2v) is 8.67. The Kier molecular flexibility index (Phi) is 6.12. The number of thiazole rings is 1. The maximum atomic E-state index is 13.2. The number of hydrogen-bond acceptors (Lipinski definition) is 6. The molecule has 2 aromatic rings. The number of thioether (sulfide) groups is 1. The summed E-state index contributed by atoms with van der Waals surface area (Å²) in [5.41, 5.74) is 0.985. The number of aliphatic imine (C=N–C) groups is 1. The van der Waals surface area contributed by atoms with Crippen molar-refractivity contribution in [3.05, 3.63) is 46.3 Å². The van der Waals surface area contributed by atoms with Crippen molar-refractivity contribution in [3.8, 4) is 5.75 Å². The number of hydrogen-bond donors (Lipinski definition) is 0. The number of nitrogens with zero attached hydrogens (tertiary/aromatic N) is 3. The molecule has 0 radical (unpaired) electrons. The Hall–Kier alpha value is -2.12. The van der Waals surface area contributed by atoms with E-state index in [1.165, 1.54) is 42.4 Å². The summed E-state index contributed by atoms with van der Waals surface area (Å²) in [5, 5.41) is 3.35. The minimum absolute atomic E-state index is 0.0566. The summed E-state index contributed by atoms with van der Waals surface area (Å²) in [7, 11) is 0. The number of carbonyl (C=O) groups is 1. The molecule has 0 atom stereocenters. The van der Waals surface area contributed by atoms with Gasteiger partial charge in [-0.2, -0.15) is 4.99 Å². The van der Waals surface area contributed by atoms with Crippen LogP contribution >= 0.6 is 23.1 Å². The van der Waals surface area contributed by atoms with Crippen LogP contribution in [-0.4, -0.2) is 33.6 Å². The standard InChI is InChI=1S/C21H23N3O2S2/c1-2-26-17-10-8-15(9-11-17)14-18-19(25)24(16-6-4-3-5-7-16)21(28-18)23-20-22-12-13-27-20/h8-14,16H,2-7H2,1H3/b18-14-,23-21+. The highest BCUT2D eigenvalue weighted by molar-refractivity contribution is 8.18. The number of amides is 1. The van der Waals surface area contributed by atoms with Gasteiger partial charge in [0.2, 0.25) is 5.13 Å². The fourth-order valence-corrected chi connectivity index (χ4v) is 5.16. The van der Waals surface area contributed by atoms with Gasteiger partial charge in [-0.25, -0.2) is 4.98 Å². The number of rotatable bonds is 5. The number of aromatic nitrogens is 1. The zero-order valence-corrected chi connectivity index (χ0v) is 17.5. The first-order valence-electron chi connectivity index (χ1n) is 9.69. The summed E-state index contributed by atoms with van der Waals surface area (Å²) < 4.78 is 5.50. The van der Waals surface area contributed by atoms with Gasteiger partial charge in [-0.15, -0.1) is 11.3 Å². The molecule has 1 aliphatic carbocycles. The summed E-state index contributed by atoms with van der Waals surface area (Å²) in [5.74, 6) is 0.894. The van der Waals surface area contributed by atoms with Crippen molar-refractivity contribution in [1.29, 1.82) is 0 Å². The van der Waals surface area contributed by atoms with Crippen molar-refractivity contribution in [2.24, 2.45) is 4.99 Å². The van der Waals surface area contributed by atoms with Gasteiger partial charge >= 0.3 is 0 Å². The molecule has 146 valence electrons. The molecule has 4 rings (SSSR count). The first-order valence-corrected chi connectivity index (χ1v) is 11.4. The molecule has 28 heavy (non-hydrogen) atoms. The lowest BCUT2D eigenvalue weighted by molar-refractivity contribution is -0.124. The summed E-state index contributed by atoms with van der Waals surface area (Å²) >= 11 is 2.94. The van der Waals surface area contributed by atoms with E-state index in [0.717, 1.165) is 29.3 Å². The fraction of sp³-hybridized carbons (Fsp3) is 0.381. The van der Waals surface area contributed by atoms with Crippen molar-refractivity contribution in [3.63, 3.8) is 0 Å². The molecule has 2 heterocycles. The molecule has 2 aliphatic rings. The van der Waals surface area contributed by atoms with Crippen molar-refractivity contribution in [2.75, 3.05) is 6.61 Å². The quantitative estimate of drug-likeness (QED) is 0.609. The zero-order chi connectivity index (χ0) is 19.3. The van der Waals surface area contributed by atoms with Gasteiger partial charge in [-0.3, -0.25) is 9.69 Å². The Morgan fingerprint density at radius 2 is 2.04 bits per heavy atom. The lowest BCUT2D eigenvalue weighted by Gasteiger charge is -2.30. The average Bonchev–Trinajstić information content (AvgIpc) is 3.33. The van der Waals surface area contributed by atoms with Crippen molar-refractivity contribution < 1.29 is 9.53 Å². The van der Waals surface area contributed by atoms with Crippen LogP contribution in [0.1, 0.15) is 44.6 Å². The largest absolute Gasteiger partial charge is 0.494 e. The highest BCUT2D eigenvalue weighted by Crippen LogP contribution is 2.38. The van der Waals surface area contributed by atoms with Crippen LogP contribution in [0.2, 0.25) is 0 Å². The van der Waals surface area contributed by atoms with Crippen LogP contribution in [-0.2, 0) is 4.79 Å². The summed E-state index contributed by atoms with van der Waals surface area (Å²) in [6, 6.07) is 8.06. The number of ether oxygens (including phenoxy) is 1. The first-order chi connectivity index (χ1) is 13.7. The molecule has 1 aromatic heterocycles. The second kappa shape index (κ2) is 8.92. The van der Waals surface area contributed by atoms with Gasteiger partial charge in [0.1, 0.15) is 5.75 Å². The third kappa shape index (κ3) is 4.31. The van der Waals surface area contributed by atoms with E-state index < -0.39 is 0 Å². The van der Waals surface area contributed by atoms with Gasteiger partial charge in [-0.1, -0.05) is 31.4 Å². The van der Waals surface area contributed by atoms with E-state index >= 15 is 0 Å². The molecule has 1 aliphatic heterocycles. The Labute approximate surface area is 173 Å². The molecule has 1 saturated carbocycles. The third-order valence-electron chi connectivity index (χ3n) is 4.88. The Morgan fingerprint density at radius 1 is 1.25 bits per heavy atom. The van der Waals surface area contributed by atoms with Crippen molar-refractivity contribution >= 4 is 45.4 Å². The van der Waals surface area contributed by atoms with Crippen LogP contribution in [0.4, 0.5) is 5.13 Å². The van der Waals surface area contributed by atoms with Crippen LogP contribution in [0.3, 0.4) is 0 Å². The summed E-state index contributed by atoms with van der Waals surface area (Å²) in [4.78, 5) is 24.8. The monoisotopic (exact) mass is 413 g/mol. The molecular formula is C21H23N3O2S2. The molecule has 1 amide bonds. The van der Waals surface area contributed by atoms with Crippen LogP contribution in [0.15, 0.2) is 45.7 Å². The van der Waals surface area contributed by atoms with E-state index in [-0.39, 0.29) is 11.9 Å². The minimum Gasteiger partial charge on any atom is -0.494 e. The molecule has 1 saturated heterocycles. The van der Waals surface area contributed by atoms with Crippen LogP contribution in [0, 0.1) is 0 Å². The van der Waals surface area contributed by atoms with Gasteiger partial charge in [0.15, 0.2) is 5.17 Å². The predicted octanol–water partition coefficient (Wildman–Crippen LogP) is 5.48. The summed E-state index contributed by atoms with van der Waals surface area (Å²) in [6.07, 6.45) is 9.36. The van der Waals surface area contributed by atoms with Crippen LogP contribution in [0.25, 0.3) is 6.08 Å². The predicted molar refractivity (Wildman–Crippen MR) is 116 cm³/mol. The molecule has 0 bridgehead atoms. The lowest BCUT2D eigenvalue weighted by atomic mass is 9.94. The Balaban J connectivity index is 1.62. The SMILES string of the molecule is CCOc1ccc(/C=C2\S/C(=N/c3nccs3)N(C3CCCCC3)C2=O)cc1. The van der Waals surface area contributed by atoms with Crippen molar-refractivity contribution in [2.45, 2.75) is 45.1 Å². The first kappa shape index (κ1) is 19.2. The Morgan fingerprint density at radius 3 is 2.71 bits per heavy atom. The number of amidine groups is 1.